The van der Waals surface area contributed by atoms with Gasteiger partial charge in [-0.1, -0.05) is 58.0 Å². The summed E-state index contributed by atoms with van der Waals surface area (Å²) in [6, 6.07) is -0.678. The molecular formula is C12H8Cl5NO3. The van der Waals surface area contributed by atoms with Gasteiger partial charge in [0, 0.05) is 6.54 Å². The largest absolute Gasteiger partial charge is 0.422 e. The van der Waals surface area contributed by atoms with Gasteiger partial charge < -0.3 is 9.64 Å². The van der Waals surface area contributed by atoms with Gasteiger partial charge in [-0.3, -0.25) is 4.79 Å². The lowest BCUT2D eigenvalue weighted by Crippen LogP contribution is -2.37. The van der Waals surface area contributed by atoms with Crippen molar-refractivity contribution < 1.29 is 14.3 Å². The van der Waals surface area contributed by atoms with Crippen molar-refractivity contribution in [1.29, 1.82) is 0 Å². The Morgan fingerprint density at radius 2 is 1.57 bits per heavy atom. The highest BCUT2D eigenvalue weighted by Gasteiger charge is 2.33. The van der Waals surface area contributed by atoms with Gasteiger partial charge in [0.25, 0.3) is 0 Å². The van der Waals surface area contributed by atoms with Crippen molar-refractivity contribution in [2.75, 3.05) is 6.54 Å². The number of esters is 1. The van der Waals surface area contributed by atoms with Crippen molar-refractivity contribution in [3.63, 3.8) is 0 Å². The van der Waals surface area contributed by atoms with Crippen LogP contribution in [0.3, 0.4) is 0 Å². The molecule has 114 valence electrons. The molecule has 0 saturated carbocycles. The predicted octanol–water partition coefficient (Wildman–Crippen LogP) is 4.48. The monoisotopic (exact) mass is 389 g/mol. The van der Waals surface area contributed by atoms with Gasteiger partial charge in [-0.15, -0.1) is 0 Å². The predicted molar refractivity (Wildman–Crippen MR) is 82.9 cm³/mol. The summed E-state index contributed by atoms with van der Waals surface area (Å²) < 4.78 is 5.18. The molecule has 0 N–H and O–H groups in total. The topological polar surface area (TPSA) is 46.6 Å². The van der Waals surface area contributed by atoms with Gasteiger partial charge in [0.05, 0.1) is 15.1 Å². The lowest BCUT2D eigenvalue weighted by Gasteiger charge is -2.19. The Kier molecular flexibility index (Phi) is 5.49. The zero-order valence-corrected chi connectivity index (χ0v) is 14.1. The molecule has 1 aliphatic heterocycles. The Labute approximate surface area is 145 Å². The van der Waals surface area contributed by atoms with E-state index in [2.05, 4.69) is 0 Å². The summed E-state index contributed by atoms with van der Waals surface area (Å²) >= 11 is 29.6. The number of hydrogen-bond acceptors (Lipinski definition) is 3. The van der Waals surface area contributed by atoms with E-state index in [1.807, 2.05) is 0 Å². The maximum Gasteiger partial charge on any atom is 0.334 e. The van der Waals surface area contributed by atoms with E-state index in [9.17, 15) is 9.59 Å². The first-order chi connectivity index (χ1) is 9.88. The van der Waals surface area contributed by atoms with E-state index in [-0.39, 0.29) is 30.9 Å². The van der Waals surface area contributed by atoms with Crippen LogP contribution in [-0.2, 0) is 9.59 Å². The standard InChI is InChI=1S/C12H8Cl5NO3/c13-6-7(14)9(16)11(10(17)8(6)15)21-12(20)5-2-1-3-18(5)4-19/h4-5H,1-3H2. The van der Waals surface area contributed by atoms with Crippen molar-refractivity contribution in [3.8, 4) is 5.75 Å². The van der Waals surface area contributed by atoms with Gasteiger partial charge in [-0.05, 0) is 12.8 Å². The maximum absolute atomic E-state index is 12.1. The number of likely N-dealkylation sites (tertiary alicyclic amines) is 1. The van der Waals surface area contributed by atoms with Gasteiger partial charge >= 0.3 is 5.97 Å². The minimum Gasteiger partial charge on any atom is -0.422 e. The SMILES string of the molecule is O=CN1CCCC1C(=O)Oc1c(Cl)c(Cl)c(Cl)c(Cl)c1Cl. The highest BCUT2D eigenvalue weighted by atomic mass is 35.5. The Morgan fingerprint density at radius 1 is 1.05 bits per heavy atom. The molecule has 1 atom stereocenters. The van der Waals surface area contributed by atoms with Crippen molar-refractivity contribution >= 4 is 70.4 Å². The summed E-state index contributed by atoms with van der Waals surface area (Å²) in [4.78, 5) is 24.4. The molecule has 1 fully saturated rings. The van der Waals surface area contributed by atoms with Crippen LogP contribution in [0.15, 0.2) is 0 Å². The van der Waals surface area contributed by atoms with Gasteiger partial charge in [0.15, 0.2) is 5.75 Å². The lowest BCUT2D eigenvalue weighted by molar-refractivity contribution is -0.142. The van der Waals surface area contributed by atoms with E-state index < -0.39 is 12.0 Å². The van der Waals surface area contributed by atoms with E-state index >= 15 is 0 Å². The third kappa shape index (κ3) is 3.20. The smallest absolute Gasteiger partial charge is 0.334 e. The van der Waals surface area contributed by atoms with Gasteiger partial charge in [-0.25, -0.2) is 4.79 Å². The molecule has 9 heteroatoms. The summed E-state index contributed by atoms with van der Waals surface area (Å²) in [6.45, 7) is 0.493. The number of carbonyl (C=O) groups is 2. The number of rotatable bonds is 3. The van der Waals surface area contributed by atoms with Gasteiger partial charge in [0.1, 0.15) is 16.1 Å². The first-order valence-electron chi connectivity index (χ1n) is 5.82. The summed E-state index contributed by atoms with van der Waals surface area (Å²) in [5.41, 5.74) is 0. The molecule has 0 bridgehead atoms. The molecule has 1 saturated heterocycles. The molecular weight excluding hydrogens is 383 g/mol. The molecule has 4 nitrogen and oxygen atoms in total. The summed E-state index contributed by atoms with van der Waals surface area (Å²) in [7, 11) is 0. The lowest BCUT2D eigenvalue weighted by atomic mass is 10.2. The number of halogens is 5. The second-order valence-electron chi connectivity index (χ2n) is 4.32. The summed E-state index contributed by atoms with van der Waals surface area (Å²) in [5, 5.41) is -0.368. The number of benzene rings is 1. The molecule has 2 rings (SSSR count). The maximum atomic E-state index is 12.1. The normalized spacial score (nSPS) is 18.0. The fourth-order valence-corrected chi connectivity index (χ4v) is 3.21. The number of amides is 1. The second kappa shape index (κ2) is 6.80. The van der Waals surface area contributed by atoms with E-state index in [0.717, 1.165) is 0 Å². The Bertz CT molecular complexity index is 578. The molecule has 0 radical (unpaired) electrons. The van der Waals surface area contributed by atoms with Crippen molar-refractivity contribution in [1.82, 2.24) is 4.90 Å². The highest BCUT2D eigenvalue weighted by Crippen LogP contribution is 2.48. The van der Waals surface area contributed by atoms with Crippen LogP contribution in [0.1, 0.15) is 12.8 Å². The zero-order valence-electron chi connectivity index (χ0n) is 10.3. The van der Waals surface area contributed by atoms with Gasteiger partial charge in [0.2, 0.25) is 6.41 Å². The zero-order chi connectivity index (χ0) is 15.7. The molecule has 1 aliphatic rings. The molecule has 1 unspecified atom stereocenters. The minimum absolute atomic E-state index is 0.0245. The molecule has 21 heavy (non-hydrogen) atoms. The van der Waals surface area contributed by atoms with E-state index in [4.69, 9.17) is 62.7 Å². The summed E-state index contributed by atoms with van der Waals surface area (Å²) in [6.07, 6.45) is 1.81. The van der Waals surface area contributed by atoms with Crippen LogP contribution in [0, 0.1) is 0 Å². The van der Waals surface area contributed by atoms with Crippen LogP contribution in [0.25, 0.3) is 0 Å². The van der Waals surface area contributed by atoms with Crippen LogP contribution >= 0.6 is 58.0 Å². The Hall–Kier alpha value is -0.390. The van der Waals surface area contributed by atoms with Crippen LogP contribution < -0.4 is 4.74 Å². The third-order valence-electron chi connectivity index (χ3n) is 3.07. The number of carbonyl (C=O) groups excluding carboxylic acids is 2. The minimum atomic E-state index is -0.678. The van der Waals surface area contributed by atoms with Crippen LogP contribution in [-0.4, -0.2) is 29.9 Å². The van der Waals surface area contributed by atoms with E-state index in [1.165, 1.54) is 4.90 Å². The fraction of sp³-hybridized carbons (Fsp3) is 0.333. The molecule has 1 aromatic carbocycles. The Morgan fingerprint density at radius 3 is 2.10 bits per heavy atom. The van der Waals surface area contributed by atoms with Crippen LogP contribution in [0.4, 0.5) is 0 Å². The summed E-state index contributed by atoms with van der Waals surface area (Å²) in [5.74, 6) is -0.821. The fourth-order valence-electron chi connectivity index (χ4n) is 2.01. The third-order valence-corrected chi connectivity index (χ3v) is 5.32. The van der Waals surface area contributed by atoms with Gasteiger partial charge in [-0.2, -0.15) is 0 Å². The average molecular weight is 391 g/mol. The molecule has 0 spiro atoms. The number of ether oxygens (including phenoxy) is 1. The number of hydrogen-bond donors (Lipinski definition) is 0. The van der Waals surface area contributed by atoms with Crippen molar-refractivity contribution in [3.05, 3.63) is 25.1 Å². The molecule has 0 aromatic heterocycles. The van der Waals surface area contributed by atoms with E-state index in [0.29, 0.717) is 25.8 Å². The first-order valence-corrected chi connectivity index (χ1v) is 7.71. The van der Waals surface area contributed by atoms with Crippen molar-refractivity contribution in [2.24, 2.45) is 0 Å². The van der Waals surface area contributed by atoms with Crippen LogP contribution in [0.2, 0.25) is 25.1 Å². The molecule has 0 aliphatic carbocycles. The van der Waals surface area contributed by atoms with E-state index in [1.54, 1.807) is 0 Å². The highest BCUT2D eigenvalue weighted by molar-refractivity contribution is 6.55. The average Bonchev–Trinajstić information content (AvgIpc) is 2.96. The number of nitrogens with zero attached hydrogens (tertiary/aromatic N) is 1. The van der Waals surface area contributed by atoms with Crippen LogP contribution in [0.5, 0.6) is 5.75 Å². The molecule has 1 aromatic rings. The van der Waals surface area contributed by atoms with Crippen molar-refractivity contribution in [2.45, 2.75) is 18.9 Å². The first kappa shape index (κ1) is 17.0. The Balaban J connectivity index is 2.32. The quantitative estimate of drug-likeness (QED) is 0.251. The second-order valence-corrected chi connectivity index (χ2v) is 6.21. The molecule has 1 heterocycles. The molecule has 1 amide bonds.